The van der Waals surface area contributed by atoms with Crippen molar-refractivity contribution in [3.8, 4) is 0 Å². The first-order chi connectivity index (χ1) is 8.20. The Bertz CT molecular complexity index is 516. The molecule has 0 aliphatic heterocycles. The Morgan fingerprint density at radius 2 is 2.12 bits per heavy atom. The third kappa shape index (κ3) is 2.97. The summed E-state index contributed by atoms with van der Waals surface area (Å²) in [4.78, 5) is 4.93. The van der Waals surface area contributed by atoms with Gasteiger partial charge in [-0.25, -0.2) is 9.37 Å². The van der Waals surface area contributed by atoms with Crippen LogP contribution in [0.1, 0.15) is 5.56 Å². The highest BCUT2D eigenvalue weighted by molar-refractivity contribution is 7.99. The van der Waals surface area contributed by atoms with Crippen molar-refractivity contribution in [1.29, 1.82) is 0 Å². The van der Waals surface area contributed by atoms with E-state index in [1.165, 1.54) is 17.8 Å². The number of halogens is 2. The molecule has 0 spiro atoms. The smallest absolute Gasteiger partial charge is 0.128 e. The normalized spacial score (nSPS) is 10.5. The molecule has 1 aromatic heterocycles. The molecule has 0 aliphatic carbocycles. The summed E-state index contributed by atoms with van der Waals surface area (Å²) >= 11 is 7.12. The maximum atomic E-state index is 13.5. The number of aromatic nitrogens is 1. The molecule has 0 aliphatic rings. The molecule has 2 aromatic rings. The van der Waals surface area contributed by atoms with E-state index in [2.05, 4.69) is 4.98 Å². The minimum atomic E-state index is -0.286. The predicted octanol–water partition coefficient (Wildman–Crippen LogP) is 3.48. The number of nitrogens with two attached hydrogens (primary N) is 1. The second-order valence-electron chi connectivity index (χ2n) is 3.34. The van der Waals surface area contributed by atoms with Crippen molar-refractivity contribution < 1.29 is 4.39 Å². The molecule has 0 fully saturated rings. The topological polar surface area (TPSA) is 38.9 Å². The molecule has 0 atom stereocenters. The summed E-state index contributed by atoms with van der Waals surface area (Å²) in [7, 11) is 0. The summed E-state index contributed by atoms with van der Waals surface area (Å²) in [5, 5.41) is 1.34. The Morgan fingerprint density at radius 1 is 1.29 bits per heavy atom. The van der Waals surface area contributed by atoms with Crippen LogP contribution in [-0.2, 0) is 6.54 Å². The van der Waals surface area contributed by atoms with E-state index >= 15 is 0 Å². The van der Waals surface area contributed by atoms with Gasteiger partial charge in [0.05, 0.1) is 5.02 Å². The molecule has 0 bridgehead atoms. The Labute approximate surface area is 108 Å². The van der Waals surface area contributed by atoms with Crippen molar-refractivity contribution in [3.63, 3.8) is 0 Å². The van der Waals surface area contributed by atoms with Crippen LogP contribution in [0.5, 0.6) is 0 Å². The molecule has 2 rings (SSSR count). The lowest BCUT2D eigenvalue weighted by Crippen LogP contribution is -2.01. The van der Waals surface area contributed by atoms with Gasteiger partial charge in [-0.3, -0.25) is 0 Å². The molecule has 0 radical (unpaired) electrons. The molecule has 1 aromatic carbocycles. The third-order valence-corrected chi connectivity index (χ3v) is 3.47. The van der Waals surface area contributed by atoms with Crippen LogP contribution in [0.2, 0.25) is 5.02 Å². The first-order valence-electron chi connectivity index (χ1n) is 4.97. The van der Waals surface area contributed by atoms with Gasteiger partial charge < -0.3 is 5.73 Å². The average Bonchev–Trinajstić information content (AvgIpc) is 2.32. The monoisotopic (exact) mass is 268 g/mol. The highest BCUT2D eigenvalue weighted by Gasteiger charge is 2.08. The number of hydrogen-bond donors (Lipinski definition) is 1. The number of hydrogen-bond acceptors (Lipinski definition) is 3. The van der Waals surface area contributed by atoms with Gasteiger partial charge in [-0.05, 0) is 24.3 Å². The zero-order valence-electron chi connectivity index (χ0n) is 8.86. The highest BCUT2D eigenvalue weighted by atomic mass is 35.5. The van der Waals surface area contributed by atoms with E-state index in [1.807, 2.05) is 6.07 Å². The largest absolute Gasteiger partial charge is 0.326 e. The van der Waals surface area contributed by atoms with Crippen molar-refractivity contribution >= 4 is 23.4 Å². The fourth-order valence-electron chi connectivity index (χ4n) is 1.37. The summed E-state index contributed by atoms with van der Waals surface area (Å²) in [5.41, 5.74) is 6.04. The van der Waals surface area contributed by atoms with Crippen molar-refractivity contribution in [2.45, 2.75) is 16.5 Å². The third-order valence-electron chi connectivity index (χ3n) is 2.19. The van der Waals surface area contributed by atoms with Crippen LogP contribution in [0.15, 0.2) is 46.5 Å². The summed E-state index contributed by atoms with van der Waals surface area (Å²) in [6.07, 6.45) is 1.56. The van der Waals surface area contributed by atoms with Crippen LogP contribution in [0.3, 0.4) is 0 Å². The van der Waals surface area contributed by atoms with E-state index in [0.29, 0.717) is 10.6 Å². The van der Waals surface area contributed by atoms with E-state index in [-0.39, 0.29) is 12.4 Å². The minimum Gasteiger partial charge on any atom is -0.326 e. The van der Waals surface area contributed by atoms with E-state index in [4.69, 9.17) is 17.3 Å². The van der Waals surface area contributed by atoms with Crippen LogP contribution in [0.25, 0.3) is 0 Å². The molecule has 2 N–H and O–H groups in total. The zero-order valence-corrected chi connectivity index (χ0v) is 10.4. The molecule has 0 saturated carbocycles. The Kier molecular flexibility index (Phi) is 3.99. The molecule has 1 heterocycles. The molecule has 17 heavy (non-hydrogen) atoms. The quantitative estimate of drug-likeness (QED) is 0.926. The van der Waals surface area contributed by atoms with Crippen molar-refractivity contribution in [2.24, 2.45) is 5.73 Å². The Morgan fingerprint density at radius 3 is 2.76 bits per heavy atom. The summed E-state index contributed by atoms with van der Waals surface area (Å²) < 4.78 is 13.5. The molecular formula is C12H10ClFN2S. The van der Waals surface area contributed by atoms with Crippen LogP contribution in [0.4, 0.5) is 4.39 Å². The van der Waals surface area contributed by atoms with Gasteiger partial charge in [0.15, 0.2) is 0 Å². The molecular weight excluding hydrogens is 259 g/mol. The summed E-state index contributed by atoms with van der Waals surface area (Å²) in [5.74, 6) is -0.286. The van der Waals surface area contributed by atoms with Gasteiger partial charge in [0, 0.05) is 23.2 Å². The lowest BCUT2D eigenvalue weighted by atomic mass is 10.2. The first kappa shape index (κ1) is 12.4. The van der Waals surface area contributed by atoms with Crippen molar-refractivity contribution in [2.75, 3.05) is 0 Å². The molecule has 88 valence electrons. The molecule has 0 unspecified atom stereocenters. The predicted molar refractivity (Wildman–Crippen MR) is 67.7 cm³/mol. The van der Waals surface area contributed by atoms with Crippen LogP contribution in [-0.4, -0.2) is 4.98 Å². The molecule has 0 amide bonds. The molecule has 0 saturated heterocycles. The highest BCUT2D eigenvalue weighted by Crippen LogP contribution is 2.30. The summed E-state index contributed by atoms with van der Waals surface area (Å²) in [6, 6.07) is 8.43. The lowest BCUT2D eigenvalue weighted by molar-refractivity contribution is 0.604. The van der Waals surface area contributed by atoms with E-state index < -0.39 is 0 Å². The average molecular weight is 269 g/mol. The van der Waals surface area contributed by atoms with Gasteiger partial charge in [0.2, 0.25) is 0 Å². The van der Waals surface area contributed by atoms with Crippen LogP contribution in [0, 0.1) is 5.82 Å². The SMILES string of the molecule is NCc1c(F)cccc1Sc1ccc(Cl)cn1. The second-order valence-corrected chi connectivity index (χ2v) is 4.84. The summed E-state index contributed by atoms with van der Waals surface area (Å²) in [6.45, 7) is 0.169. The van der Waals surface area contributed by atoms with Gasteiger partial charge in [0.25, 0.3) is 0 Å². The number of benzene rings is 1. The fourth-order valence-corrected chi connectivity index (χ4v) is 2.40. The minimum absolute atomic E-state index is 0.169. The zero-order chi connectivity index (χ0) is 12.3. The molecule has 2 nitrogen and oxygen atoms in total. The number of pyridine rings is 1. The van der Waals surface area contributed by atoms with Crippen molar-refractivity contribution in [3.05, 3.63) is 52.9 Å². The van der Waals surface area contributed by atoms with Crippen molar-refractivity contribution in [1.82, 2.24) is 4.98 Å². The van der Waals surface area contributed by atoms with Gasteiger partial charge in [-0.1, -0.05) is 29.4 Å². The van der Waals surface area contributed by atoms with Gasteiger partial charge in [-0.15, -0.1) is 0 Å². The molecule has 5 heteroatoms. The van der Waals surface area contributed by atoms with Gasteiger partial charge in [-0.2, -0.15) is 0 Å². The second kappa shape index (κ2) is 5.49. The van der Waals surface area contributed by atoms with Crippen LogP contribution < -0.4 is 5.73 Å². The van der Waals surface area contributed by atoms with Gasteiger partial charge >= 0.3 is 0 Å². The fraction of sp³-hybridized carbons (Fsp3) is 0.0833. The van der Waals surface area contributed by atoms with E-state index in [0.717, 1.165) is 9.92 Å². The van der Waals surface area contributed by atoms with Gasteiger partial charge in [0.1, 0.15) is 10.8 Å². The number of nitrogens with zero attached hydrogens (tertiary/aromatic N) is 1. The maximum absolute atomic E-state index is 13.5. The lowest BCUT2D eigenvalue weighted by Gasteiger charge is -2.07. The first-order valence-corrected chi connectivity index (χ1v) is 6.17. The standard InChI is InChI=1S/C12H10ClFN2S/c13-8-4-5-12(16-7-8)17-11-3-1-2-10(14)9(11)6-15/h1-5,7H,6,15H2. The number of rotatable bonds is 3. The van der Waals surface area contributed by atoms with Crippen LogP contribution >= 0.6 is 23.4 Å². The Balaban J connectivity index is 2.29. The van der Waals surface area contributed by atoms with E-state index in [1.54, 1.807) is 24.4 Å². The maximum Gasteiger partial charge on any atom is 0.128 e. The van der Waals surface area contributed by atoms with E-state index in [9.17, 15) is 4.39 Å². The Hall–Kier alpha value is -1.10.